The number of benzene rings is 1. The first-order chi connectivity index (χ1) is 9.19. The van der Waals surface area contributed by atoms with Crippen molar-refractivity contribution in [1.82, 2.24) is 5.32 Å². The summed E-state index contributed by atoms with van der Waals surface area (Å²) in [5.74, 6) is 0. The predicted molar refractivity (Wildman–Crippen MR) is 86.1 cm³/mol. The van der Waals surface area contributed by atoms with E-state index in [9.17, 15) is 0 Å². The zero-order valence-corrected chi connectivity index (χ0v) is 13.4. The molecule has 2 rings (SSSR count). The van der Waals surface area contributed by atoms with E-state index in [1.54, 1.807) is 0 Å². The van der Waals surface area contributed by atoms with Crippen molar-refractivity contribution >= 4 is 11.8 Å². The molecule has 1 nitrogen and oxygen atoms in total. The Morgan fingerprint density at radius 2 is 2.11 bits per heavy atom. The first-order valence-electron chi connectivity index (χ1n) is 7.66. The topological polar surface area (TPSA) is 12.0 Å². The van der Waals surface area contributed by atoms with Crippen LogP contribution in [0, 0.1) is 13.8 Å². The standard InChI is InChI=1S/C17H27NS/c1-4-10-18-15-6-5-7-16(12-15)19-17-9-8-13(2)11-14(17)3/h8-9,11,15-16,18H,4-7,10,12H2,1-3H3. The van der Waals surface area contributed by atoms with E-state index in [1.807, 2.05) is 0 Å². The lowest BCUT2D eigenvalue weighted by molar-refractivity contribution is 0.381. The lowest BCUT2D eigenvalue weighted by Crippen LogP contribution is -2.35. The van der Waals surface area contributed by atoms with Crippen LogP contribution in [0.5, 0.6) is 0 Å². The first kappa shape index (κ1) is 14.9. The Morgan fingerprint density at radius 1 is 1.26 bits per heavy atom. The molecule has 2 unspecified atom stereocenters. The highest BCUT2D eigenvalue weighted by Gasteiger charge is 2.22. The fraction of sp³-hybridized carbons (Fsp3) is 0.647. The Morgan fingerprint density at radius 3 is 2.84 bits per heavy atom. The van der Waals surface area contributed by atoms with Crippen molar-refractivity contribution < 1.29 is 0 Å². The Kier molecular flexibility index (Phi) is 5.77. The zero-order chi connectivity index (χ0) is 13.7. The highest BCUT2D eigenvalue weighted by molar-refractivity contribution is 8.00. The maximum absolute atomic E-state index is 3.70. The molecule has 1 N–H and O–H groups in total. The number of nitrogens with one attached hydrogen (secondary N) is 1. The number of thioether (sulfide) groups is 1. The summed E-state index contributed by atoms with van der Waals surface area (Å²) in [6.07, 6.45) is 6.69. The van der Waals surface area contributed by atoms with Crippen LogP contribution in [0.4, 0.5) is 0 Å². The molecular weight excluding hydrogens is 250 g/mol. The van der Waals surface area contributed by atoms with Crippen molar-refractivity contribution in [3.63, 3.8) is 0 Å². The van der Waals surface area contributed by atoms with E-state index in [4.69, 9.17) is 0 Å². The second-order valence-corrected chi connectivity index (χ2v) is 7.17. The summed E-state index contributed by atoms with van der Waals surface area (Å²) in [6.45, 7) is 7.83. The molecule has 0 aromatic heterocycles. The van der Waals surface area contributed by atoms with Gasteiger partial charge in [0.25, 0.3) is 0 Å². The minimum absolute atomic E-state index is 0.747. The second-order valence-electron chi connectivity index (χ2n) is 5.83. The largest absolute Gasteiger partial charge is 0.314 e. The number of rotatable bonds is 5. The first-order valence-corrected chi connectivity index (χ1v) is 8.54. The molecule has 0 aliphatic heterocycles. The lowest BCUT2D eigenvalue weighted by Gasteiger charge is -2.29. The monoisotopic (exact) mass is 277 g/mol. The maximum Gasteiger partial charge on any atom is 0.0109 e. The van der Waals surface area contributed by atoms with E-state index in [-0.39, 0.29) is 0 Å². The van der Waals surface area contributed by atoms with Crippen molar-refractivity contribution in [3.8, 4) is 0 Å². The molecule has 0 amide bonds. The van der Waals surface area contributed by atoms with Crippen molar-refractivity contribution in [2.24, 2.45) is 0 Å². The Labute approximate surface area is 122 Å². The zero-order valence-electron chi connectivity index (χ0n) is 12.5. The van der Waals surface area contributed by atoms with Gasteiger partial charge < -0.3 is 5.32 Å². The highest BCUT2D eigenvalue weighted by Crippen LogP contribution is 2.35. The third kappa shape index (κ3) is 4.54. The molecule has 19 heavy (non-hydrogen) atoms. The van der Waals surface area contributed by atoms with Crippen LogP contribution < -0.4 is 5.32 Å². The van der Waals surface area contributed by atoms with Gasteiger partial charge in [-0.05, 0) is 57.7 Å². The average molecular weight is 277 g/mol. The summed E-state index contributed by atoms with van der Waals surface area (Å²) in [7, 11) is 0. The van der Waals surface area contributed by atoms with Gasteiger partial charge >= 0.3 is 0 Å². The van der Waals surface area contributed by atoms with Crippen LogP contribution >= 0.6 is 11.8 Å². The van der Waals surface area contributed by atoms with Crippen LogP contribution in [-0.2, 0) is 0 Å². The van der Waals surface area contributed by atoms with Gasteiger partial charge in [-0.15, -0.1) is 11.8 Å². The second kappa shape index (κ2) is 7.35. The molecule has 1 saturated carbocycles. The van der Waals surface area contributed by atoms with Gasteiger partial charge in [0.2, 0.25) is 0 Å². The number of hydrogen-bond donors (Lipinski definition) is 1. The Bertz CT molecular complexity index is 402. The Balaban J connectivity index is 1.91. The lowest BCUT2D eigenvalue weighted by atomic mass is 9.95. The molecular formula is C17H27NS. The molecule has 2 atom stereocenters. The normalized spacial score (nSPS) is 23.5. The molecule has 106 valence electrons. The molecule has 0 spiro atoms. The summed E-state index contributed by atoms with van der Waals surface area (Å²) in [6, 6.07) is 7.60. The van der Waals surface area contributed by atoms with Gasteiger partial charge in [-0.2, -0.15) is 0 Å². The third-order valence-corrected chi connectivity index (χ3v) is 5.41. The minimum atomic E-state index is 0.747. The number of hydrogen-bond acceptors (Lipinski definition) is 2. The molecule has 1 aliphatic rings. The van der Waals surface area contributed by atoms with Gasteiger partial charge in [0, 0.05) is 16.2 Å². The van der Waals surface area contributed by atoms with Crippen LogP contribution in [0.15, 0.2) is 23.1 Å². The van der Waals surface area contributed by atoms with E-state index in [1.165, 1.54) is 54.7 Å². The molecule has 2 heteroatoms. The van der Waals surface area contributed by atoms with Crippen molar-refractivity contribution in [2.75, 3.05) is 6.54 Å². The van der Waals surface area contributed by atoms with Crippen LogP contribution in [0.25, 0.3) is 0 Å². The molecule has 1 aromatic rings. The third-order valence-electron chi connectivity index (χ3n) is 3.93. The highest BCUT2D eigenvalue weighted by atomic mass is 32.2. The van der Waals surface area contributed by atoms with Gasteiger partial charge in [0.1, 0.15) is 0 Å². The molecule has 1 fully saturated rings. The predicted octanol–water partition coefficient (Wildman–Crippen LogP) is 4.71. The van der Waals surface area contributed by atoms with E-state index < -0.39 is 0 Å². The van der Waals surface area contributed by atoms with Gasteiger partial charge in [-0.3, -0.25) is 0 Å². The van der Waals surface area contributed by atoms with Crippen LogP contribution in [0.3, 0.4) is 0 Å². The quantitative estimate of drug-likeness (QED) is 0.836. The minimum Gasteiger partial charge on any atom is -0.314 e. The Hall–Kier alpha value is -0.470. The van der Waals surface area contributed by atoms with Crippen molar-refractivity contribution in [1.29, 1.82) is 0 Å². The molecule has 1 aliphatic carbocycles. The van der Waals surface area contributed by atoms with Crippen LogP contribution in [0.1, 0.15) is 50.2 Å². The fourth-order valence-electron chi connectivity index (χ4n) is 2.90. The van der Waals surface area contributed by atoms with Gasteiger partial charge in [-0.25, -0.2) is 0 Å². The molecule has 0 heterocycles. The smallest absolute Gasteiger partial charge is 0.0109 e. The van der Waals surface area contributed by atoms with Crippen molar-refractivity contribution in [2.45, 2.75) is 69.1 Å². The van der Waals surface area contributed by atoms with E-state index in [0.717, 1.165) is 11.3 Å². The van der Waals surface area contributed by atoms with E-state index in [0.29, 0.717) is 0 Å². The molecule has 0 radical (unpaired) electrons. The summed E-state index contributed by atoms with van der Waals surface area (Å²) in [5.41, 5.74) is 2.81. The summed E-state index contributed by atoms with van der Waals surface area (Å²) < 4.78 is 0. The number of aryl methyl sites for hydroxylation is 2. The molecule has 0 saturated heterocycles. The summed E-state index contributed by atoms with van der Waals surface area (Å²) in [5, 5.41) is 4.49. The molecule has 0 bridgehead atoms. The van der Waals surface area contributed by atoms with Gasteiger partial charge in [0.05, 0.1) is 0 Å². The van der Waals surface area contributed by atoms with Crippen molar-refractivity contribution in [3.05, 3.63) is 29.3 Å². The van der Waals surface area contributed by atoms with Crippen LogP contribution in [0.2, 0.25) is 0 Å². The maximum atomic E-state index is 3.70. The summed E-state index contributed by atoms with van der Waals surface area (Å²) >= 11 is 2.10. The summed E-state index contributed by atoms with van der Waals surface area (Å²) in [4.78, 5) is 1.48. The molecule has 1 aromatic carbocycles. The van der Waals surface area contributed by atoms with E-state index in [2.05, 4.69) is 56.0 Å². The van der Waals surface area contributed by atoms with Gasteiger partial charge in [-0.1, -0.05) is 31.0 Å². The SMILES string of the molecule is CCCNC1CCCC(Sc2ccc(C)cc2C)C1. The van der Waals surface area contributed by atoms with Crippen LogP contribution in [-0.4, -0.2) is 17.8 Å². The fourth-order valence-corrected chi connectivity index (χ4v) is 4.26. The van der Waals surface area contributed by atoms with Gasteiger partial charge in [0.15, 0.2) is 0 Å². The average Bonchev–Trinajstić information content (AvgIpc) is 2.40. The van der Waals surface area contributed by atoms with E-state index >= 15 is 0 Å².